The van der Waals surface area contributed by atoms with Crippen molar-refractivity contribution in [3.63, 3.8) is 0 Å². The highest BCUT2D eigenvalue weighted by atomic mass is 32.2. The molecule has 3 aliphatic rings. The van der Waals surface area contributed by atoms with Gasteiger partial charge in [-0.05, 0) is 74.6 Å². The summed E-state index contributed by atoms with van der Waals surface area (Å²) in [5, 5.41) is 2.94. The Morgan fingerprint density at radius 3 is 2.73 bits per heavy atom. The van der Waals surface area contributed by atoms with Gasteiger partial charge >= 0.3 is 0 Å². The summed E-state index contributed by atoms with van der Waals surface area (Å²) in [7, 11) is -3.88. The smallest absolute Gasteiger partial charge is 0.241 e. The lowest BCUT2D eigenvalue weighted by atomic mass is 9.86. The highest BCUT2D eigenvalue weighted by Crippen LogP contribution is 2.28. The van der Waals surface area contributed by atoms with E-state index in [0.29, 0.717) is 50.6 Å². The van der Waals surface area contributed by atoms with Gasteiger partial charge in [-0.25, -0.2) is 8.42 Å². The molecule has 2 heterocycles. The normalized spacial score (nSPS) is 25.8. The van der Waals surface area contributed by atoms with Crippen molar-refractivity contribution in [1.82, 2.24) is 14.9 Å². The van der Waals surface area contributed by atoms with E-state index in [9.17, 15) is 18.0 Å². The van der Waals surface area contributed by atoms with E-state index in [-0.39, 0.29) is 29.3 Å². The standard InChI is InChI=1S/C23H34N4O5S/c24-18-6-4-16(5-7-18)14-25-22(28)15-27-11-2-1-3-20(23(27)29)26-33(30,31)19-8-9-21-17(13-19)10-12-32-21/h8-9,13,16,18,20,26H,1-7,10-12,14-15,24H2,(H,25,28). The van der Waals surface area contributed by atoms with Crippen molar-refractivity contribution in [1.29, 1.82) is 0 Å². The van der Waals surface area contributed by atoms with Crippen LogP contribution in [0.25, 0.3) is 0 Å². The zero-order chi connectivity index (χ0) is 23.4. The van der Waals surface area contributed by atoms with E-state index in [2.05, 4.69) is 10.0 Å². The molecule has 0 radical (unpaired) electrons. The number of likely N-dealkylation sites (tertiary alicyclic amines) is 1. The van der Waals surface area contributed by atoms with Gasteiger partial charge < -0.3 is 20.7 Å². The van der Waals surface area contributed by atoms with E-state index in [4.69, 9.17) is 10.5 Å². The molecule has 4 rings (SSSR count). The number of carbonyl (C=O) groups is 2. The van der Waals surface area contributed by atoms with E-state index in [1.807, 2.05) is 0 Å². The number of sulfonamides is 1. The molecule has 1 saturated heterocycles. The molecule has 33 heavy (non-hydrogen) atoms. The second-order valence-corrected chi connectivity index (χ2v) is 11.1. The Kier molecular flexibility index (Phi) is 7.55. The number of nitrogens with one attached hydrogen (secondary N) is 2. The average Bonchev–Trinajstić information content (AvgIpc) is 3.21. The third-order valence-electron chi connectivity index (χ3n) is 6.86. The monoisotopic (exact) mass is 478 g/mol. The molecule has 2 fully saturated rings. The Labute approximate surface area is 195 Å². The average molecular weight is 479 g/mol. The Bertz CT molecular complexity index is 975. The predicted octanol–water partition coefficient (Wildman–Crippen LogP) is 0.915. The fraction of sp³-hybridized carbons (Fsp3) is 0.652. The minimum atomic E-state index is -3.88. The van der Waals surface area contributed by atoms with E-state index in [0.717, 1.165) is 37.7 Å². The van der Waals surface area contributed by atoms with Crippen LogP contribution < -0.4 is 20.5 Å². The zero-order valence-corrected chi connectivity index (χ0v) is 19.7. The van der Waals surface area contributed by atoms with Crippen LogP contribution in [-0.2, 0) is 26.0 Å². The number of carbonyl (C=O) groups excluding carboxylic acids is 2. The number of nitrogens with zero attached hydrogens (tertiary/aromatic N) is 1. The van der Waals surface area contributed by atoms with Gasteiger partial charge in [-0.1, -0.05) is 0 Å². The lowest BCUT2D eigenvalue weighted by Gasteiger charge is -2.27. The summed E-state index contributed by atoms with van der Waals surface area (Å²) in [6.45, 7) is 1.52. The SMILES string of the molecule is NC1CCC(CNC(=O)CN2CCCCC(NS(=O)(=O)c3ccc4c(c3)CCO4)C2=O)CC1. The van der Waals surface area contributed by atoms with Gasteiger partial charge in [0, 0.05) is 25.6 Å². The van der Waals surface area contributed by atoms with Crippen molar-refractivity contribution in [2.45, 2.75) is 68.3 Å². The molecule has 1 saturated carbocycles. The maximum atomic E-state index is 13.1. The van der Waals surface area contributed by atoms with Gasteiger partial charge in [0.15, 0.2) is 0 Å². The Morgan fingerprint density at radius 2 is 1.94 bits per heavy atom. The van der Waals surface area contributed by atoms with Crippen LogP contribution in [0.3, 0.4) is 0 Å². The summed E-state index contributed by atoms with van der Waals surface area (Å²) in [6.07, 6.45) is 6.47. The summed E-state index contributed by atoms with van der Waals surface area (Å²) in [5.41, 5.74) is 6.79. The molecule has 2 amide bonds. The van der Waals surface area contributed by atoms with E-state index in [1.54, 1.807) is 12.1 Å². The molecule has 9 nitrogen and oxygen atoms in total. The number of ether oxygens (including phenoxy) is 1. The first-order valence-corrected chi connectivity index (χ1v) is 13.4. The number of amides is 2. The van der Waals surface area contributed by atoms with Crippen molar-refractivity contribution in [2.75, 3.05) is 26.2 Å². The molecule has 0 bridgehead atoms. The second-order valence-electron chi connectivity index (χ2n) is 9.38. The molecule has 10 heteroatoms. The molecule has 1 unspecified atom stereocenters. The minimum Gasteiger partial charge on any atom is -0.493 e. The van der Waals surface area contributed by atoms with Crippen LogP contribution in [0.1, 0.15) is 50.5 Å². The maximum Gasteiger partial charge on any atom is 0.241 e. The zero-order valence-electron chi connectivity index (χ0n) is 18.9. The van der Waals surface area contributed by atoms with Gasteiger partial charge in [0.05, 0.1) is 18.0 Å². The van der Waals surface area contributed by atoms with Crippen molar-refractivity contribution in [3.8, 4) is 5.75 Å². The van der Waals surface area contributed by atoms with Crippen molar-refractivity contribution in [2.24, 2.45) is 11.7 Å². The third kappa shape index (κ3) is 6.04. The van der Waals surface area contributed by atoms with Gasteiger partial charge in [0.25, 0.3) is 0 Å². The number of nitrogens with two attached hydrogens (primary N) is 1. The van der Waals surface area contributed by atoms with Crippen LogP contribution >= 0.6 is 0 Å². The molecule has 1 aromatic carbocycles. The Hall–Kier alpha value is -2.17. The van der Waals surface area contributed by atoms with Gasteiger partial charge in [-0.15, -0.1) is 0 Å². The number of rotatable bonds is 7. The summed E-state index contributed by atoms with van der Waals surface area (Å²) in [6, 6.07) is 4.14. The summed E-state index contributed by atoms with van der Waals surface area (Å²) in [4.78, 5) is 27.2. The number of fused-ring (bicyclic) bond motifs is 1. The molecule has 1 aromatic rings. The summed E-state index contributed by atoms with van der Waals surface area (Å²) in [5.74, 6) is 0.568. The topological polar surface area (TPSA) is 131 Å². The van der Waals surface area contributed by atoms with Crippen LogP contribution in [0.15, 0.2) is 23.1 Å². The summed E-state index contributed by atoms with van der Waals surface area (Å²) >= 11 is 0. The fourth-order valence-corrected chi connectivity index (χ4v) is 6.11. The van der Waals surface area contributed by atoms with E-state index < -0.39 is 16.1 Å². The first-order valence-electron chi connectivity index (χ1n) is 11.9. The van der Waals surface area contributed by atoms with Gasteiger partial charge in [-0.3, -0.25) is 9.59 Å². The molecule has 0 aromatic heterocycles. The lowest BCUT2D eigenvalue weighted by molar-refractivity contribution is -0.137. The largest absolute Gasteiger partial charge is 0.493 e. The van der Waals surface area contributed by atoms with Crippen LogP contribution in [0.4, 0.5) is 0 Å². The molecule has 1 aliphatic carbocycles. The van der Waals surface area contributed by atoms with Gasteiger partial charge in [0.1, 0.15) is 11.8 Å². The fourth-order valence-electron chi connectivity index (χ4n) is 4.84. The molecule has 1 atom stereocenters. The Morgan fingerprint density at radius 1 is 1.15 bits per heavy atom. The van der Waals surface area contributed by atoms with Gasteiger partial charge in [0.2, 0.25) is 21.8 Å². The van der Waals surface area contributed by atoms with Crippen molar-refractivity contribution < 1.29 is 22.7 Å². The van der Waals surface area contributed by atoms with Crippen LogP contribution in [0.2, 0.25) is 0 Å². The van der Waals surface area contributed by atoms with E-state index >= 15 is 0 Å². The number of benzene rings is 1. The molecular weight excluding hydrogens is 444 g/mol. The first-order chi connectivity index (χ1) is 15.8. The number of hydrogen-bond acceptors (Lipinski definition) is 6. The minimum absolute atomic E-state index is 0.0561. The van der Waals surface area contributed by atoms with Crippen LogP contribution in [0.5, 0.6) is 5.75 Å². The van der Waals surface area contributed by atoms with Gasteiger partial charge in [-0.2, -0.15) is 4.72 Å². The molecule has 0 spiro atoms. The lowest BCUT2D eigenvalue weighted by Crippen LogP contribution is -2.50. The molecule has 182 valence electrons. The van der Waals surface area contributed by atoms with Crippen molar-refractivity contribution >= 4 is 21.8 Å². The highest BCUT2D eigenvalue weighted by Gasteiger charge is 2.32. The molecule has 4 N–H and O–H groups in total. The van der Waals surface area contributed by atoms with Crippen LogP contribution in [0, 0.1) is 5.92 Å². The molecular formula is C23H34N4O5S. The quantitative estimate of drug-likeness (QED) is 0.534. The van der Waals surface area contributed by atoms with Crippen LogP contribution in [-0.4, -0.2) is 63.5 Å². The maximum absolute atomic E-state index is 13.1. The highest BCUT2D eigenvalue weighted by molar-refractivity contribution is 7.89. The first kappa shape index (κ1) is 24.0. The summed E-state index contributed by atoms with van der Waals surface area (Å²) < 4.78 is 34.0. The number of hydrogen-bond donors (Lipinski definition) is 3. The molecule has 2 aliphatic heterocycles. The van der Waals surface area contributed by atoms with E-state index in [1.165, 1.54) is 11.0 Å². The Balaban J connectivity index is 1.34. The predicted molar refractivity (Wildman–Crippen MR) is 123 cm³/mol. The third-order valence-corrected chi connectivity index (χ3v) is 8.33. The second kappa shape index (κ2) is 10.4. The van der Waals surface area contributed by atoms with Crippen molar-refractivity contribution in [3.05, 3.63) is 23.8 Å².